The number of nitrogens with one attached hydrogen (secondary N) is 1. The quantitative estimate of drug-likeness (QED) is 0.925. The van der Waals surface area contributed by atoms with Gasteiger partial charge >= 0.3 is 0 Å². The van der Waals surface area contributed by atoms with Gasteiger partial charge in [-0.15, -0.1) is 11.3 Å². The predicted molar refractivity (Wildman–Crippen MR) is 70.8 cm³/mol. The largest absolute Gasteiger partial charge is 0.352 e. The third-order valence-electron chi connectivity index (χ3n) is 2.92. The first-order chi connectivity index (χ1) is 7.80. The fourth-order valence-electron chi connectivity index (χ4n) is 1.93. The molecular formula is C12H11BrN2S. The van der Waals surface area contributed by atoms with Gasteiger partial charge in [0.05, 0.1) is 5.54 Å². The summed E-state index contributed by atoms with van der Waals surface area (Å²) in [7, 11) is 0. The van der Waals surface area contributed by atoms with E-state index < -0.39 is 0 Å². The first-order valence-electron chi connectivity index (χ1n) is 5.23. The second-order valence-corrected chi connectivity index (χ2v) is 5.77. The van der Waals surface area contributed by atoms with Crippen LogP contribution in [0.3, 0.4) is 0 Å². The summed E-state index contributed by atoms with van der Waals surface area (Å²) in [6.45, 7) is 0. The molecule has 1 aromatic carbocycles. The van der Waals surface area contributed by atoms with Crippen LogP contribution in [-0.4, -0.2) is 4.98 Å². The lowest BCUT2D eigenvalue weighted by Crippen LogP contribution is -2.19. The third kappa shape index (κ3) is 1.76. The minimum Gasteiger partial charge on any atom is -0.352 e. The smallest absolute Gasteiger partial charge is 0.183 e. The molecule has 0 saturated heterocycles. The summed E-state index contributed by atoms with van der Waals surface area (Å²) in [5, 5.41) is 6.55. The Balaban J connectivity index is 1.92. The van der Waals surface area contributed by atoms with Crippen LogP contribution in [0.2, 0.25) is 0 Å². The fourth-order valence-corrected chi connectivity index (χ4v) is 3.22. The number of nitrogens with zero attached hydrogens (tertiary/aromatic N) is 1. The number of rotatable bonds is 3. The van der Waals surface area contributed by atoms with Crippen molar-refractivity contribution in [2.75, 3.05) is 5.32 Å². The molecule has 0 amide bonds. The first-order valence-corrected chi connectivity index (χ1v) is 6.90. The molecule has 0 bridgehead atoms. The molecule has 0 aliphatic heterocycles. The van der Waals surface area contributed by atoms with Crippen LogP contribution in [0.4, 0.5) is 5.13 Å². The fraction of sp³-hybridized carbons (Fsp3) is 0.250. The van der Waals surface area contributed by atoms with Crippen LogP contribution in [0.15, 0.2) is 40.3 Å². The van der Waals surface area contributed by atoms with E-state index in [1.54, 1.807) is 11.3 Å². The van der Waals surface area contributed by atoms with Crippen molar-refractivity contribution in [3.8, 4) is 0 Å². The molecule has 0 atom stereocenters. The molecule has 1 aliphatic rings. The molecule has 0 spiro atoms. The van der Waals surface area contributed by atoms with Crippen molar-refractivity contribution in [3.63, 3.8) is 0 Å². The van der Waals surface area contributed by atoms with Gasteiger partial charge in [0.2, 0.25) is 0 Å². The lowest BCUT2D eigenvalue weighted by Gasteiger charge is -2.18. The number of hydrogen-bond donors (Lipinski definition) is 1. The number of thiazole rings is 1. The summed E-state index contributed by atoms with van der Waals surface area (Å²) in [5.74, 6) is 0. The average molecular weight is 295 g/mol. The Labute approximate surface area is 107 Å². The molecule has 1 aromatic heterocycles. The molecule has 82 valence electrons. The van der Waals surface area contributed by atoms with Crippen molar-refractivity contribution in [1.29, 1.82) is 0 Å². The molecule has 1 heterocycles. The molecule has 4 heteroatoms. The Kier molecular flexibility index (Phi) is 2.48. The van der Waals surface area contributed by atoms with Crippen LogP contribution in [0.1, 0.15) is 18.4 Å². The van der Waals surface area contributed by atoms with E-state index in [1.165, 1.54) is 22.9 Å². The van der Waals surface area contributed by atoms with Gasteiger partial charge in [-0.1, -0.05) is 34.1 Å². The van der Waals surface area contributed by atoms with Crippen LogP contribution in [0.5, 0.6) is 0 Å². The molecule has 0 unspecified atom stereocenters. The highest BCUT2D eigenvalue weighted by Crippen LogP contribution is 2.50. The van der Waals surface area contributed by atoms with Crippen LogP contribution in [0.25, 0.3) is 0 Å². The Bertz CT molecular complexity index is 491. The second kappa shape index (κ2) is 3.86. The van der Waals surface area contributed by atoms with Crippen molar-refractivity contribution < 1.29 is 0 Å². The molecule has 1 fully saturated rings. The average Bonchev–Trinajstić information content (AvgIpc) is 2.87. The Morgan fingerprint density at radius 2 is 2.12 bits per heavy atom. The highest BCUT2D eigenvalue weighted by Gasteiger charge is 2.45. The summed E-state index contributed by atoms with van der Waals surface area (Å²) in [4.78, 5) is 4.29. The normalized spacial score (nSPS) is 17.1. The number of benzene rings is 1. The number of anilines is 1. The van der Waals surface area contributed by atoms with Crippen LogP contribution >= 0.6 is 27.3 Å². The molecule has 2 aromatic rings. The zero-order chi connectivity index (χ0) is 11.0. The van der Waals surface area contributed by atoms with E-state index in [2.05, 4.69) is 44.4 Å². The maximum atomic E-state index is 4.29. The lowest BCUT2D eigenvalue weighted by atomic mass is 10.1. The molecule has 16 heavy (non-hydrogen) atoms. The highest BCUT2D eigenvalue weighted by molar-refractivity contribution is 9.10. The summed E-state index contributed by atoms with van der Waals surface area (Å²) in [6.07, 6.45) is 4.19. The second-order valence-electron chi connectivity index (χ2n) is 4.02. The van der Waals surface area contributed by atoms with Gasteiger partial charge in [-0.3, -0.25) is 0 Å². The summed E-state index contributed by atoms with van der Waals surface area (Å²) in [6, 6.07) is 8.41. The Morgan fingerprint density at radius 1 is 1.31 bits per heavy atom. The van der Waals surface area contributed by atoms with Crippen LogP contribution in [0, 0.1) is 0 Å². The van der Waals surface area contributed by atoms with E-state index in [-0.39, 0.29) is 5.54 Å². The van der Waals surface area contributed by atoms with E-state index in [1.807, 2.05) is 17.6 Å². The topological polar surface area (TPSA) is 24.9 Å². The Morgan fingerprint density at radius 3 is 2.75 bits per heavy atom. The van der Waals surface area contributed by atoms with Gasteiger partial charge in [-0.25, -0.2) is 4.98 Å². The van der Waals surface area contributed by atoms with Gasteiger partial charge in [0, 0.05) is 16.0 Å². The van der Waals surface area contributed by atoms with Gasteiger partial charge in [-0.2, -0.15) is 0 Å². The minimum absolute atomic E-state index is 0.109. The zero-order valence-electron chi connectivity index (χ0n) is 8.61. The molecule has 0 radical (unpaired) electrons. The highest BCUT2D eigenvalue weighted by atomic mass is 79.9. The molecule has 1 aliphatic carbocycles. The van der Waals surface area contributed by atoms with Crippen molar-refractivity contribution in [1.82, 2.24) is 4.98 Å². The van der Waals surface area contributed by atoms with Crippen molar-refractivity contribution in [3.05, 3.63) is 45.9 Å². The van der Waals surface area contributed by atoms with Gasteiger partial charge < -0.3 is 5.32 Å². The van der Waals surface area contributed by atoms with Gasteiger partial charge in [0.1, 0.15) is 0 Å². The summed E-state index contributed by atoms with van der Waals surface area (Å²) < 4.78 is 1.18. The maximum Gasteiger partial charge on any atom is 0.183 e. The van der Waals surface area contributed by atoms with E-state index in [0.717, 1.165) is 5.13 Å². The molecule has 2 nitrogen and oxygen atoms in total. The van der Waals surface area contributed by atoms with Crippen molar-refractivity contribution in [2.24, 2.45) is 0 Å². The molecule has 3 rings (SSSR count). The van der Waals surface area contributed by atoms with Gasteiger partial charge in [-0.05, 0) is 24.5 Å². The minimum atomic E-state index is 0.109. The van der Waals surface area contributed by atoms with Crippen molar-refractivity contribution >= 4 is 32.4 Å². The lowest BCUT2D eigenvalue weighted by molar-refractivity contribution is 0.801. The van der Waals surface area contributed by atoms with Crippen LogP contribution in [-0.2, 0) is 5.54 Å². The van der Waals surface area contributed by atoms with E-state index >= 15 is 0 Å². The number of halogens is 1. The number of aromatic nitrogens is 1. The third-order valence-corrected chi connectivity index (χ3v) is 4.30. The van der Waals surface area contributed by atoms with E-state index in [0.29, 0.717) is 0 Å². The van der Waals surface area contributed by atoms with E-state index in [4.69, 9.17) is 0 Å². The summed E-state index contributed by atoms with van der Waals surface area (Å²) in [5.41, 5.74) is 1.45. The van der Waals surface area contributed by atoms with Gasteiger partial charge in [0.25, 0.3) is 0 Å². The Hall–Kier alpha value is -0.870. The maximum absolute atomic E-state index is 4.29. The predicted octanol–water partition coefficient (Wildman–Crippen LogP) is 4.01. The molecular weight excluding hydrogens is 284 g/mol. The molecule has 1 N–H and O–H groups in total. The van der Waals surface area contributed by atoms with Crippen molar-refractivity contribution in [2.45, 2.75) is 18.4 Å². The first kappa shape index (κ1) is 10.3. The molecule has 1 saturated carbocycles. The zero-order valence-corrected chi connectivity index (χ0v) is 11.0. The number of hydrogen-bond acceptors (Lipinski definition) is 3. The standard InChI is InChI=1S/C12H11BrN2S/c13-10-4-2-1-3-9(10)12(5-6-12)15-11-14-7-8-16-11/h1-4,7-8H,5-6H2,(H,14,15). The monoisotopic (exact) mass is 294 g/mol. The van der Waals surface area contributed by atoms with E-state index in [9.17, 15) is 0 Å². The van der Waals surface area contributed by atoms with Crippen LogP contribution < -0.4 is 5.32 Å². The van der Waals surface area contributed by atoms with Gasteiger partial charge in [0.15, 0.2) is 5.13 Å². The SMILES string of the molecule is Brc1ccccc1C1(Nc2nccs2)CC1. The summed E-state index contributed by atoms with van der Waals surface area (Å²) >= 11 is 5.27.